The van der Waals surface area contributed by atoms with Gasteiger partial charge in [0.1, 0.15) is 5.01 Å². The zero-order chi connectivity index (χ0) is 12.8. The minimum Gasteiger partial charge on any atom is -0.393 e. The Balaban J connectivity index is 2.42. The third-order valence-electron chi connectivity index (χ3n) is 2.35. The normalized spacial score (nSPS) is 12.5. The van der Waals surface area contributed by atoms with Gasteiger partial charge < -0.3 is 10.0 Å². The molecule has 17 heavy (non-hydrogen) atoms. The van der Waals surface area contributed by atoms with Crippen molar-refractivity contribution in [3.63, 3.8) is 0 Å². The van der Waals surface area contributed by atoms with Crippen molar-refractivity contribution in [1.82, 2.24) is 9.88 Å². The van der Waals surface area contributed by atoms with E-state index >= 15 is 0 Å². The summed E-state index contributed by atoms with van der Waals surface area (Å²) in [5.74, 6) is 0.392. The van der Waals surface area contributed by atoms with E-state index in [1.54, 1.807) is 18.9 Å². The molecule has 0 fully saturated rings. The second kappa shape index (κ2) is 6.93. The fourth-order valence-electron chi connectivity index (χ4n) is 1.26. The summed E-state index contributed by atoms with van der Waals surface area (Å²) in [5, 5.41) is 11.8. The number of halogens is 1. The Kier molecular flexibility index (Phi) is 5.88. The number of rotatable bonds is 6. The molecule has 0 bridgehead atoms. The molecule has 0 saturated heterocycles. The van der Waals surface area contributed by atoms with Crippen LogP contribution in [-0.2, 0) is 17.1 Å². The molecule has 96 valence electrons. The van der Waals surface area contributed by atoms with E-state index in [-0.39, 0.29) is 12.0 Å². The Morgan fingerprint density at radius 3 is 2.94 bits per heavy atom. The van der Waals surface area contributed by atoms with Crippen LogP contribution in [0.1, 0.15) is 24.0 Å². The number of carbonyl (C=O) groups is 1. The van der Waals surface area contributed by atoms with Crippen molar-refractivity contribution >= 4 is 28.8 Å². The number of likely N-dealkylation sites (N-methyl/N-ethyl adjacent to an activating group) is 1. The predicted octanol–water partition coefficient (Wildman–Crippen LogP) is 1.65. The minimum absolute atomic E-state index is 0.0149. The molecule has 0 aliphatic carbocycles. The summed E-state index contributed by atoms with van der Waals surface area (Å²) in [6.45, 7) is 2.27. The van der Waals surface area contributed by atoms with E-state index in [0.29, 0.717) is 25.3 Å². The van der Waals surface area contributed by atoms with Gasteiger partial charge in [-0.05, 0) is 13.3 Å². The highest BCUT2D eigenvalue weighted by atomic mass is 35.5. The van der Waals surface area contributed by atoms with Crippen LogP contribution in [0, 0.1) is 0 Å². The van der Waals surface area contributed by atoms with Crippen molar-refractivity contribution in [3.8, 4) is 0 Å². The highest BCUT2D eigenvalue weighted by molar-refractivity contribution is 7.09. The van der Waals surface area contributed by atoms with E-state index in [0.717, 1.165) is 10.7 Å². The Morgan fingerprint density at radius 1 is 1.71 bits per heavy atom. The molecule has 1 aromatic heterocycles. The molecular formula is C11H17ClN2O2S. The number of nitrogens with zero attached hydrogens (tertiary/aromatic N) is 2. The summed E-state index contributed by atoms with van der Waals surface area (Å²) in [6, 6.07) is 0. The maximum absolute atomic E-state index is 11.8. The van der Waals surface area contributed by atoms with Crippen LogP contribution < -0.4 is 0 Å². The van der Waals surface area contributed by atoms with Gasteiger partial charge in [-0.15, -0.1) is 22.9 Å². The topological polar surface area (TPSA) is 53.4 Å². The van der Waals surface area contributed by atoms with Crippen molar-refractivity contribution in [3.05, 3.63) is 16.1 Å². The predicted molar refractivity (Wildman–Crippen MR) is 69.3 cm³/mol. The second-order valence-electron chi connectivity index (χ2n) is 4.00. The van der Waals surface area contributed by atoms with Crippen LogP contribution in [0.3, 0.4) is 0 Å². The molecule has 1 N–H and O–H groups in total. The van der Waals surface area contributed by atoms with Gasteiger partial charge in [0.25, 0.3) is 0 Å². The zero-order valence-electron chi connectivity index (χ0n) is 10.0. The molecule has 1 aromatic rings. The molecule has 4 nitrogen and oxygen atoms in total. The number of alkyl halides is 1. The van der Waals surface area contributed by atoms with E-state index in [4.69, 9.17) is 16.7 Å². The van der Waals surface area contributed by atoms with Crippen molar-refractivity contribution in [2.75, 3.05) is 13.6 Å². The van der Waals surface area contributed by atoms with Crippen molar-refractivity contribution in [1.29, 1.82) is 0 Å². The third-order valence-corrected chi connectivity index (χ3v) is 3.52. The quantitative estimate of drug-likeness (QED) is 0.804. The lowest BCUT2D eigenvalue weighted by molar-refractivity contribution is -0.129. The van der Waals surface area contributed by atoms with Crippen LogP contribution in [0.4, 0.5) is 0 Å². The second-order valence-corrected chi connectivity index (χ2v) is 5.21. The van der Waals surface area contributed by atoms with Gasteiger partial charge in [0.2, 0.25) is 5.91 Å². The first-order valence-electron chi connectivity index (χ1n) is 5.44. The van der Waals surface area contributed by atoms with E-state index in [1.165, 1.54) is 11.3 Å². The number of aliphatic hydroxyl groups is 1. The first kappa shape index (κ1) is 14.4. The Morgan fingerprint density at radius 2 is 2.41 bits per heavy atom. The molecule has 1 unspecified atom stereocenters. The molecule has 0 aromatic carbocycles. The molecule has 1 atom stereocenters. The number of hydrogen-bond acceptors (Lipinski definition) is 4. The average Bonchev–Trinajstić information content (AvgIpc) is 2.73. The zero-order valence-corrected chi connectivity index (χ0v) is 11.6. The van der Waals surface area contributed by atoms with Gasteiger partial charge >= 0.3 is 0 Å². The fourth-order valence-corrected chi connectivity index (χ4v) is 2.27. The highest BCUT2D eigenvalue weighted by Crippen LogP contribution is 2.13. The lowest BCUT2D eigenvalue weighted by Gasteiger charge is -2.17. The molecule has 1 heterocycles. The lowest BCUT2D eigenvalue weighted by Crippen LogP contribution is -2.30. The first-order valence-corrected chi connectivity index (χ1v) is 6.85. The lowest BCUT2D eigenvalue weighted by atomic mass is 10.2. The largest absolute Gasteiger partial charge is 0.393 e. The van der Waals surface area contributed by atoms with Gasteiger partial charge in [0.05, 0.1) is 24.1 Å². The molecule has 0 aliphatic rings. The minimum atomic E-state index is -0.382. The molecule has 1 amide bonds. The van der Waals surface area contributed by atoms with E-state index in [2.05, 4.69) is 4.98 Å². The summed E-state index contributed by atoms with van der Waals surface area (Å²) in [7, 11) is 1.74. The van der Waals surface area contributed by atoms with E-state index in [1.807, 2.05) is 5.38 Å². The van der Waals surface area contributed by atoms with Crippen LogP contribution in [0.2, 0.25) is 0 Å². The van der Waals surface area contributed by atoms with Gasteiger partial charge in [0.15, 0.2) is 0 Å². The van der Waals surface area contributed by atoms with Gasteiger partial charge in [-0.25, -0.2) is 4.98 Å². The molecule has 0 aliphatic heterocycles. The van der Waals surface area contributed by atoms with Gasteiger partial charge in [-0.2, -0.15) is 0 Å². The van der Waals surface area contributed by atoms with Crippen molar-refractivity contribution in [2.24, 2.45) is 0 Å². The van der Waals surface area contributed by atoms with Crippen molar-refractivity contribution < 1.29 is 9.90 Å². The Labute approximate surface area is 110 Å². The summed E-state index contributed by atoms with van der Waals surface area (Å²) in [4.78, 5) is 17.7. The van der Waals surface area contributed by atoms with Crippen LogP contribution in [0.25, 0.3) is 0 Å². The summed E-state index contributed by atoms with van der Waals surface area (Å²) in [5.41, 5.74) is 0.811. The average molecular weight is 277 g/mol. The SMILES string of the molecule is CC(O)CCN(C)C(=O)Cc1nc(CCl)cs1. The number of hydrogen-bond donors (Lipinski definition) is 1. The van der Waals surface area contributed by atoms with Crippen LogP contribution in [0.5, 0.6) is 0 Å². The third kappa shape index (κ3) is 5.02. The molecule has 0 saturated carbocycles. The number of amides is 1. The maximum atomic E-state index is 11.8. The molecule has 0 radical (unpaired) electrons. The van der Waals surface area contributed by atoms with Gasteiger partial charge in [-0.1, -0.05) is 0 Å². The Bertz CT molecular complexity index is 368. The fraction of sp³-hybridized carbons (Fsp3) is 0.636. The summed E-state index contributed by atoms with van der Waals surface area (Å²) in [6.07, 6.45) is 0.512. The standard InChI is InChI=1S/C11H17ClN2O2S/c1-8(15)3-4-14(2)11(16)5-10-13-9(6-12)7-17-10/h7-8,15H,3-6H2,1-2H3. The smallest absolute Gasteiger partial charge is 0.229 e. The van der Waals surface area contributed by atoms with Gasteiger partial charge in [0, 0.05) is 19.0 Å². The van der Waals surface area contributed by atoms with Crippen LogP contribution in [0.15, 0.2) is 5.38 Å². The Hall–Kier alpha value is -0.650. The van der Waals surface area contributed by atoms with Crippen LogP contribution in [-0.4, -0.2) is 40.6 Å². The van der Waals surface area contributed by atoms with E-state index in [9.17, 15) is 4.79 Å². The van der Waals surface area contributed by atoms with Crippen molar-refractivity contribution in [2.45, 2.75) is 31.7 Å². The number of aliphatic hydroxyl groups excluding tert-OH is 1. The molecule has 1 rings (SSSR count). The first-order chi connectivity index (χ1) is 8.02. The summed E-state index contributed by atoms with van der Waals surface area (Å²) < 4.78 is 0. The van der Waals surface area contributed by atoms with Crippen LogP contribution >= 0.6 is 22.9 Å². The monoisotopic (exact) mass is 276 g/mol. The molecule has 6 heteroatoms. The van der Waals surface area contributed by atoms with E-state index < -0.39 is 0 Å². The highest BCUT2D eigenvalue weighted by Gasteiger charge is 2.12. The summed E-state index contributed by atoms with van der Waals surface area (Å²) >= 11 is 7.10. The number of aromatic nitrogens is 1. The number of thiazole rings is 1. The molecule has 0 spiro atoms. The molecular weight excluding hydrogens is 260 g/mol. The number of carbonyl (C=O) groups excluding carboxylic acids is 1. The maximum Gasteiger partial charge on any atom is 0.229 e. The van der Waals surface area contributed by atoms with Gasteiger partial charge in [-0.3, -0.25) is 4.79 Å².